The van der Waals surface area contributed by atoms with Gasteiger partial charge in [-0.1, -0.05) is 23.7 Å². The molecule has 1 heterocycles. The number of carboxylic acid groups (broad SMARTS) is 1. The quantitative estimate of drug-likeness (QED) is 0.544. The Hall–Kier alpha value is -2.60. The molecule has 2 fully saturated rings. The summed E-state index contributed by atoms with van der Waals surface area (Å²) in [6, 6.07) is 9.72. The number of nitro groups is 1. The number of aromatic carboxylic acids is 1. The number of carbonyl (C=O) groups is 1. The molecule has 2 aromatic rings. The van der Waals surface area contributed by atoms with Crippen molar-refractivity contribution in [2.45, 2.75) is 31.2 Å². The Bertz CT molecular complexity index is 1010. The van der Waals surface area contributed by atoms with Gasteiger partial charge in [-0.25, -0.2) is 4.79 Å². The number of halogens is 1. The summed E-state index contributed by atoms with van der Waals surface area (Å²) in [7, 11) is 0. The summed E-state index contributed by atoms with van der Waals surface area (Å²) in [5, 5.41) is 24.9. The van der Waals surface area contributed by atoms with Crippen LogP contribution in [0.5, 0.6) is 0 Å². The maximum atomic E-state index is 11.8. The number of carboxylic acids is 1. The molecular weight excluding hydrogens is 380 g/mol. The molecule has 2 bridgehead atoms. The van der Waals surface area contributed by atoms with E-state index in [2.05, 4.69) is 5.32 Å². The van der Waals surface area contributed by atoms with E-state index < -0.39 is 10.9 Å². The predicted octanol–water partition coefficient (Wildman–Crippen LogP) is 5.24. The Kier molecular flexibility index (Phi) is 3.88. The summed E-state index contributed by atoms with van der Waals surface area (Å²) in [5.41, 5.74) is 2.62. The van der Waals surface area contributed by atoms with Gasteiger partial charge in [0.15, 0.2) is 0 Å². The van der Waals surface area contributed by atoms with Crippen molar-refractivity contribution in [1.82, 2.24) is 0 Å². The molecule has 2 aliphatic carbocycles. The monoisotopic (exact) mass is 398 g/mol. The van der Waals surface area contributed by atoms with Crippen LogP contribution in [-0.2, 0) is 0 Å². The average Bonchev–Trinajstić information content (AvgIpc) is 3.29. The van der Waals surface area contributed by atoms with Gasteiger partial charge >= 0.3 is 5.97 Å². The van der Waals surface area contributed by atoms with Crippen molar-refractivity contribution in [2.24, 2.45) is 17.8 Å². The van der Waals surface area contributed by atoms with Crippen molar-refractivity contribution in [1.29, 1.82) is 0 Å². The highest BCUT2D eigenvalue weighted by Gasteiger charge is 2.54. The highest BCUT2D eigenvalue weighted by atomic mass is 35.5. The minimum atomic E-state index is -0.977. The lowest BCUT2D eigenvalue weighted by atomic mass is 9.67. The summed E-state index contributed by atoms with van der Waals surface area (Å²) >= 11 is 6.48. The van der Waals surface area contributed by atoms with E-state index >= 15 is 0 Å². The lowest BCUT2D eigenvalue weighted by molar-refractivity contribution is -0.384. The first-order chi connectivity index (χ1) is 13.5. The Morgan fingerprint density at radius 1 is 1.18 bits per heavy atom. The van der Waals surface area contributed by atoms with Crippen LogP contribution in [0, 0.1) is 27.9 Å². The molecule has 0 spiro atoms. The number of nitrogens with one attached hydrogen (secondary N) is 1. The molecule has 28 heavy (non-hydrogen) atoms. The minimum Gasteiger partial charge on any atom is -0.478 e. The third kappa shape index (κ3) is 2.44. The van der Waals surface area contributed by atoms with E-state index in [1.54, 1.807) is 12.1 Å². The number of nitrogens with zero attached hydrogens (tertiary/aromatic N) is 1. The Morgan fingerprint density at radius 2 is 1.96 bits per heavy atom. The minimum absolute atomic E-state index is 0.00165. The molecule has 6 nitrogen and oxygen atoms in total. The standard InChI is InChI=1S/C21H19ClN2O4/c22-16-7-6-12(24(27)28)9-15(16)20-18-11-5-4-10(8-11)17(18)13-2-1-3-14(21(25)26)19(13)23-20/h1-3,6-7,9-11,17-18,20,23H,4-5,8H2,(H,25,26)/t10-,11-,17-,18-,20+/m0/s1. The zero-order valence-electron chi connectivity index (χ0n) is 15.0. The van der Waals surface area contributed by atoms with Gasteiger partial charge < -0.3 is 10.4 Å². The summed E-state index contributed by atoms with van der Waals surface area (Å²) in [6.45, 7) is 0. The molecule has 2 N–H and O–H groups in total. The van der Waals surface area contributed by atoms with Crippen molar-refractivity contribution in [3.63, 3.8) is 0 Å². The first-order valence-corrected chi connectivity index (χ1v) is 9.90. The van der Waals surface area contributed by atoms with Crippen LogP contribution in [-0.4, -0.2) is 16.0 Å². The van der Waals surface area contributed by atoms with Crippen molar-refractivity contribution in [3.8, 4) is 0 Å². The van der Waals surface area contributed by atoms with Crippen LogP contribution >= 0.6 is 11.6 Å². The first kappa shape index (κ1) is 17.5. The summed E-state index contributed by atoms with van der Waals surface area (Å²) in [6.07, 6.45) is 3.42. The van der Waals surface area contributed by atoms with E-state index in [-0.39, 0.29) is 29.1 Å². The van der Waals surface area contributed by atoms with Gasteiger partial charge in [-0.2, -0.15) is 0 Å². The second-order valence-corrected chi connectivity index (χ2v) is 8.50. The average molecular weight is 399 g/mol. The van der Waals surface area contributed by atoms with Crippen LogP contribution in [0.25, 0.3) is 0 Å². The van der Waals surface area contributed by atoms with Crippen LogP contribution < -0.4 is 5.32 Å². The fraction of sp³-hybridized carbons (Fsp3) is 0.381. The zero-order chi connectivity index (χ0) is 19.6. The summed E-state index contributed by atoms with van der Waals surface area (Å²) in [5.74, 6) is 0.587. The Balaban J connectivity index is 1.69. The molecule has 0 radical (unpaired) electrons. The molecule has 7 heteroatoms. The molecule has 5 rings (SSSR count). The highest BCUT2D eigenvalue weighted by Crippen LogP contribution is 2.64. The van der Waals surface area contributed by atoms with Gasteiger partial charge in [0.25, 0.3) is 5.69 Å². The van der Waals surface area contributed by atoms with Crippen LogP contribution in [0.15, 0.2) is 36.4 Å². The number of fused-ring (bicyclic) bond motifs is 7. The molecular formula is C21H19ClN2O4. The highest BCUT2D eigenvalue weighted by molar-refractivity contribution is 6.31. The number of anilines is 1. The molecule has 144 valence electrons. The van der Waals surface area contributed by atoms with Gasteiger partial charge in [0.1, 0.15) is 0 Å². The van der Waals surface area contributed by atoms with Crippen molar-refractivity contribution < 1.29 is 14.8 Å². The second kappa shape index (κ2) is 6.21. The Morgan fingerprint density at radius 3 is 2.71 bits per heavy atom. The van der Waals surface area contributed by atoms with Gasteiger partial charge in [-0.15, -0.1) is 0 Å². The van der Waals surface area contributed by atoms with Crippen molar-refractivity contribution in [2.75, 3.05) is 5.32 Å². The molecule has 3 aliphatic rings. The van der Waals surface area contributed by atoms with Crippen LogP contribution in [0.3, 0.4) is 0 Å². The molecule has 5 atom stereocenters. The topological polar surface area (TPSA) is 92.5 Å². The lowest BCUT2D eigenvalue weighted by Gasteiger charge is -2.44. The van der Waals surface area contributed by atoms with Crippen LogP contribution in [0.1, 0.15) is 52.7 Å². The number of rotatable bonds is 3. The van der Waals surface area contributed by atoms with Gasteiger partial charge in [0, 0.05) is 22.7 Å². The largest absolute Gasteiger partial charge is 0.478 e. The Labute approximate surface area is 166 Å². The number of benzene rings is 2. The normalized spacial score (nSPS) is 29.7. The molecule has 0 amide bonds. The van der Waals surface area contributed by atoms with Gasteiger partial charge in [-0.05, 0) is 60.6 Å². The van der Waals surface area contributed by atoms with Gasteiger partial charge in [0.2, 0.25) is 0 Å². The fourth-order valence-electron chi connectivity index (χ4n) is 5.88. The van der Waals surface area contributed by atoms with E-state index in [4.69, 9.17) is 11.6 Å². The predicted molar refractivity (Wildman–Crippen MR) is 105 cm³/mol. The molecule has 2 aromatic carbocycles. The van der Waals surface area contributed by atoms with Gasteiger partial charge in [-0.3, -0.25) is 10.1 Å². The number of hydrogen-bond acceptors (Lipinski definition) is 4. The van der Waals surface area contributed by atoms with Gasteiger partial charge in [0.05, 0.1) is 22.2 Å². The second-order valence-electron chi connectivity index (χ2n) is 8.10. The third-order valence-corrected chi connectivity index (χ3v) is 7.22. The fourth-order valence-corrected chi connectivity index (χ4v) is 6.12. The molecule has 0 aromatic heterocycles. The maximum Gasteiger partial charge on any atom is 0.337 e. The molecule has 0 unspecified atom stereocenters. The van der Waals surface area contributed by atoms with E-state index in [9.17, 15) is 20.0 Å². The summed E-state index contributed by atoms with van der Waals surface area (Å²) < 4.78 is 0. The molecule has 1 aliphatic heterocycles. The number of nitro benzene ring substituents is 1. The number of non-ortho nitro benzene ring substituents is 1. The number of para-hydroxylation sites is 1. The molecule has 0 saturated heterocycles. The smallest absolute Gasteiger partial charge is 0.337 e. The third-order valence-electron chi connectivity index (χ3n) is 6.88. The summed E-state index contributed by atoms with van der Waals surface area (Å²) in [4.78, 5) is 22.7. The van der Waals surface area contributed by atoms with E-state index in [0.717, 1.165) is 24.8 Å². The zero-order valence-corrected chi connectivity index (χ0v) is 15.7. The number of hydrogen-bond donors (Lipinski definition) is 2. The van der Waals surface area contributed by atoms with Crippen LogP contribution in [0.2, 0.25) is 5.02 Å². The van der Waals surface area contributed by atoms with Crippen molar-refractivity contribution in [3.05, 3.63) is 68.2 Å². The van der Waals surface area contributed by atoms with Crippen LogP contribution in [0.4, 0.5) is 11.4 Å². The van der Waals surface area contributed by atoms with E-state index in [0.29, 0.717) is 28.1 Å². The van der Waals surface area contributed by atoms with Crippen molar-refractivity contribution >= 4 is 28.9 Å². The van der Waals surface area contributed by atoms with E-state index in [1.807, 2.05) is 12.1 Å². The van der Waals surface area contributed by atoms with E-state index in [1.165, 1.54) is 12.1 Å². The maximum absolute atomic E-state index is 11.8. The lowest BCUT2D eigenvalue weighted by Crippen LogP contribution is -2.36. The molecule has 2 saturated carbocycles. The SMILES string of the molecule is O=C(O)c1cccc2c1N[C@H](c1cc([N+](=O)[O-])ccc1Cl)[C@H]1[C@H]3CC[C@@H](C3)[C@@H]21. The first-order valence-electron chi connectivity index (χ1n) is 9.52.